The Morgan fingerprint density at radius 2 is 1.64 bits per heavy atom. The van der Waals surface area contributed by atoms with E-state index in [-0.39, 0.29) is 17.7 Å². The van der Waals surface area contributed by atoms with Crippen LogP contribution in [-0.2, 0) is 20.9 Å². The van der Waals surface area contributed by atoms with E-state index in [1.54, 1.807) is 7.05 Å². The monoisotopic (exact) mass is 379 g/mol. The van der Waals surface area contributed by atoms with Gasteiger partial charge in [-0.15, -0.1) is 23.2 Å². The predicted molar refractivity (Wildman–Crippen MR) is 98.7 cm³/mol. The van der Waals surface area contributed by atoms with Crippen LogP contribution < -0.4 is 0 Å². The summed E-state index contributed by atoms with van der Waals surface area (Å²) in [6, 6.07) is 16.9. The Kier molecular flexibility index (Phi) is 7.29. The summed E-state index contributed by atoms with van der Waals surface area (Å²) in [5.41, 5.74) is 2.51. The summed E-state index contributed by atoms with van der Waals surface area (Å²) in [6.07, 6.45) is -0.594. The first-order chi connectivity index (χ1) is 12.1. The molecule has 0 aliphatic carbocycles. The highest BCUT2D eigenvalue weighted by Gasteiger charge is 2.22. The van der Waals surface area contributed by atoms with Gasteiger partial charge in [-0.25, -0.2) is 0 Å². The normalized spacial score (nSPS) is 11.6. The minimum Gasteiger partial charge on any atom is -0.452 e. The lowest BCUT2D eigenvalue weighted by atomic mass is 9.96. The number of carbonyl (C=O) groups is 2. The fourth-order valence-corrected chi connectivity index (χ4v) is 2.75. The van der Waals surface area contributed by atoms with Gasteiger partial charge in [0.05, 0.1) is 0 Å². The SMILES string of the molecule is CN(Cc1ccccc1C(OC(=O)CCl)c1ccccc1)C(=O)CCl. The standard InChI is InChI=1S/C19H19Cl2NO3/c1-22(17(23)11-20)13-15-9-5-6-10-16(15)19(25-18(24)12-21)14-7-3-2-4-8-14/h2-10,19H,11-13H2,1H3. The highest BCUT2D eigenvalue weighted by Crippen LogP contribution is 2.29. The third-order valence-corrected chi connectivity index (χ3v) is 4.19. The number of alkyl halides is 2. The molecule has 132 valence electrons. The molecule has 2 aromatic carbocycles. The zero-order valence-electron chi connectivity index (χ0n) is 13.8. The van der Waals surface area contributed by atoms with Gasteiger partial charge in [-0.3, -0.25) is 9.59 Å². The van der Waals surface area contributed by atoms with Crippen LogP contribution in [0.3, 0.4) is 0 Å². The molecule has 0 heterocycles. The van der Waals surface area contributed by atoms with Crippen molar-refractivity contribution in [3.63, 3.8) is 0 Å². The molecule has 1 amide bonds. The van der Waals surface area contributed by atoms with Crippen molar-refractivity contribution < 1.29 is 14.3 Å². The number of hydrogen-bond acceptors (Lipinski definition) is 3. The Balaban J connectivity index is 2.40. The molecular weight excluding hydrogens is 361 g/mol. The zero-order valence-corrected chi connectivity index (χ0v) is 15.3. The number of benzene rings is 2. The van der Waals surface area contributed by atoms with E-state index in [2.05, 4.69) is 0 Å². The van der Waals surface area contributed by atoms with Gasteiger partial charge in [0.25, 0.3) is 0 Å². The lowest BCUT2D eigenvalue weighted by Crippen LogP contribution is -2.28. The van der Waals surface area contributed by atoms with Crippen molar-refractivity contribution in [3.8, 4) is 0 Å². The largest absolute Gasteiger partial charge is 0.452 e. The zero-order chi connectivity index (χ0) is 18.2. The summed E-state index contributed by atoms with van der Waals surface area (Å²) >= 11 is 11.2. The fraction of sp³-hybridized carbons (Fsp3) is 0.263. The fourth-order valence-electron chi connectivity index (χ4n) is 2.48. The second-order valence-electron chi connectivity index (χ2n) is 5.50. The summed E-state index contributed by atoms with van der Waals surface area (Å²) in [7, 11) is 1.68. The van der Waals surface area contributed by atoms with Gasteiger partial charge in [0, 0.05) is 19.2 Å². The Morgan fingerprint density at radius 3 is 2.28 bits per heavy atom. The third kappa shape index (κ3) is 5.21. The molecule has 2 rings (SSSR count). The summed E-state index contributed by atoms with van der Waals surface area (Å²) in [5.74, 6) is -0.987. The Bertz CT molecular complexity index is 722. The maximum absolute atomic E-state index is 11.8. The molecule has 0 bridgehead atoms. The van der Waals surface area contributed by atoms with Crippen LogP contribution in [0.1, 0.15) is 22.8 Å². The van der Waals surface area contributed by atoms with Crippen molar-refractivity contribution >= 4 is 35.1 Å². The van der Waals surface area contributed by atoms with E-state index in [1.165, 1.54) is 4.90 Å². The summed E-state index contributed by atoms with van der Waals surface area (Å²) in [6.45, 7) is 0.365. The van der Waals surface area contributed by atoms with Crippen LogP contribution in [-0.4, -0.2) is 35.6 Å². The number of halogens is 2. The molecule has 0 fully saturated rings. The van der Waals surface area contributed by atoms with Crippen LogP contribution in [0, 0.1) is 0 Å². The number of nitrogens with zero attached hydrogens (tertiary/aromatic N) is 1. The number of amides is 1. The van der Waals surface area contributed by atoms with Gasteiger partial charge in [0.15, 0.2) is 6.10 Å². The third-order valence-electron chi connectivity index (χ3n) is 3.75. The molecular formula is C19H19Cl2NO3. The van der Waals surface area contributed by atoms with Crippen molar-refractivity contribution in [1.82, 2.24) is 4.90 Å². The minimum absolute atomic E-state index is 0.0813. The van der Waals surface area contributed by atoms with Gasteiger partial charge in [-0.1, -0.05) is 54.6 Å². The molecule has 1 unspecified atom stereocenters. The smallest absolute Gasteiger partial charge is 0.321 e. The maximum Gasteiger partial charge on any atom is 0.321 e. The first-order valence-corrected chi connectivity index (χ1v) is 8.81. The Hall–Kier alpha value is -2.04. The second kappa shape index (κ2) is 9.44. The summed E-state index contributed by atoms with van der Waals surface area (Å²) in [4.78, 5) is 25.1. The van der Waals surface area contributed by atoms with E-state index in [0.717, 1.165) is 16.7 Å². The van der Waals surface area contributed by atoms with Crippen LogP contribution in [0.15, 0.2) is 54.6 Å². The van der Waals surface area contributed by atoms with Crippen LogP contribution in [0.25, 0.3) is 0 Å². The Labute approximate surface area is 157 Å². The van der Waals surface area contributed by atoms with Crippen molar-refractivity contribution in [2.75, 3.05) is 18.8 Å². The van der Waals surface area contributed by atoms with Crippen molar-refractivity contribution in [3.05, 3.63) is 71.3 Å². The summed E-state index contributed by atoms with van der Waals surface area (Å²) in [5, 5.41) is 0. The molecule has 25 heavy (non-hydrogen) atoms. The topological polar surface area (TPSA) is 46.6 Å². The number of ether oxygens (including phenoxy) is 1. The van der Waals surface area contributed by atoms with Gasteiger partial charge in [-0.05, 0) is 11.1 Å². The molecule has 2 aromatic rings. The average Bonchev–Trinajstić information content (AvgIpc) is 2.66. The van der Waals surface area contributed by atoms with E-state index < -0.39 is 12.1 Å². The lowest BCUT2D eigenvalue weighted by molar-refractivity contribution is -0.144. The van der Waals surface area contributed by atoms with Crippen molar-refractivity contribution in [2.45, 2.75) is 12.6 Å². The van der Waals surface area contributed by atoms with Gasteiger partial charge >= 0.3 is 5.97 Å². The Morgan fingerprint density at radius 1 is 1.00 bits per heavy atom. The van der Waals surface area contributed by atoms with Gasteiger partial charge < -0.3 is 9.64 Å². The van der Waals surface area contributed by atoms with Crippen molar-refractivity contribution in [1.29, 1.82) is 0 Å². The highest BCUT2D eigenvalue weighted by molar-refractivity contribution is 6.27. The number of esters is 1. The quantitative estimate of drug-likeness (QED) is 0.543. The molecule has 4 nitrogen and oxygen atoms in total. The lowest BCUT2D eigenvalue weighted by Gasteiger charge is -2.23. The molecule has 0 radical (unpaired) electrons. The molecule has 1 atom stereocenters. The second-order valence-corrected chi connectivity index (χ2v) is 6.03. The van der Waals surface area contributed by atoms with Crippen molar-refractivity contribution in [2.24, 2.45) is 0 Å². The molecule has 0 spiro atoms. The van der Waals surface area contributed by atoms with Crippen LogP contribution in [0.2, 0.25) is 0 Å². The molecule has 0 saturated carbocycles. The van der Waals surface area contributed by atoms with E-state index in [0.29, 0.717) is 6.54 Å². The highest BCUT2D eigenvalue weighted by atomic mass is 35.5. The van der Waals surface area contributed by atoms with E-state index >= 15 is 0 Å². The molecule has 0 aliphatic rings. The number of hydrogen-bond donors (Lipinski definition) is 0. The van der Waals surface area contributed by atoms with Gasteiger partial charge in [0.1, 0.15) is 11.8 Å². The van der Waals surface area contributed by atoms with Gasteiger partial charge in [-0.2, -0.15) is 0 Å². The van der Waals surface area contributed by atoms with E-state index in [9.17, 15) is 9.59 Å². The van der Waals surface area contributed by atoms with E-state index in [1.807, 2.05) is 54.6 Å². The molecule has 0 N–H and O–H groups in total. The van der Waals surface area contributed by atoms with Crippen LogP contribution in [0.5, 0.6) is 0 Å². The molecule has 0 aliphatic heterocycles. The van der Waals surface area contributed by atoms with Crippen LogP contribution in [0.4, 0.5) is 0 Å². The predicted octanol–water partition coefficient (Wildman–Crippen LogP) is 3.76. The number of carbonyl (C=O) groups excluding carboxylic acids is 2. The van der Waals surface area contributed by atoms with E-state index in [4.69, 9.17) is 27.9 Å². The maximum atomic E-state index is 11.8. The average molecular weight is 380 g/mol. The minimum atomic E-state index is -0.594. The van der Waals surface area contributed by atoms with Crippen LogP contribution >= 0.6 is 23.2 Å². The first kappa shape index (κ1) is 19.3. The summed E-state index contributed by atoms with van der Waals surface area (Å²) < 4.78 is 5.58. The van der Waals surface area contributed by atoms with Gasteiger partial charge in [0.2, 0.25) is 5.91 Å². The first-order valence-electron chi connectivity index (χ1n) is 7.75. The molecule has 6 heteroatoms. The number of rotatable bonds is 7. The molecule has 0 saturated heterocycles. The molecule has 0 aromatic heterocycles.